The number of amides is 1. The Morgan fingerprint density at radius 2 is 2.14 bits per heavy atom. The van der Waals surface area contributed by atoms with Gasteiger partial charge in [0.2, 0.25) is 0 Å². The van der Waals surface area contributed by atoms with Gasteiger partial charge in [-0.15, -0.1) is 0 Å². The molecule has 2 aromatic rings. The Hall–Kier alpha value is -3.54. The molecule has 11 nitrogen and oxygen atoms in total. The molecule has 3 aliphatic heterocycles. The monoisotopic (exact) mass is 477 g/mol. The number of hydrogen-bond donors (Lipinski definition) is 3. The molecule has 5 heterocycles. The van der Waals surface area contributed by atoms with Crippen LogP contribution in [-0.2, 0) is 9.47 Å². The Kier molecular flexibility index (Phi) is 5.39. The molecule has 1 aliphatic carbocycles. The fraction of sp³-hybridized carbons (Fsp3) is 0.417. The lowest BCUT2D eigenvalue weighted by Crippen LogP contribution is -2.51. The van der Waals surface area contributed by atoms with Crippen LogP contribution in [0.2, 0.25) is 0 Å². The fourth-order valence-electron chi connectivity index (χ4n) is 4.93. The number of fused-ring (bicyclic) bond motifs is 2. The average molecular weight is 478 g/mol. The first-order chi connectivity index (χ1) is 17.1. The molecule has 3 N–H and O–H groups in total. The molecule has 0 bridgehead atoms. The standard InChI is InChI=1S/C24H27N7O4/c1-25-21-8-17(14-9-26-22-13(14)4-3-7-30(22)18-11-35-12-19(18)32)28-23-15(10-27-31(21)23)24(33)29-16-5-6-20(16)34-2/h3-4,7-10,16,18-20,25,32H,5-6,11-12H2,1-2H3,(H,29,33)/t16-,18-,19-,20-/m0/s1. The minimum absolute atomic E-state index is 0.0111. The summed E-state index contributed by atoms with van der Waals surface area (Å²) in [5, 5.41) is 20.9. The number of ether oxygens (including phenoxy) is 2. The summed E-state index contributed by atoms with van der Waals surface area (Å²) in [7, 11) is 3.46. The van der Waals surface area contributed by atoms with Crippen molar-refractivity contribution in [3.8, 4) is 22.6 Å². The lowest BCUT2D eigenvalue weighted by Gasteiger charge is -2.35. The van der Waals surface area contributed by atoms with Crippen molar-refractivity contribution in [2.24, 2.45) is 0 Å². The second-order valence-corrected chi connectivity index (χ2v) is 9.00. The highest BCUT2D eigenvalue weighted by molar-refractivity contribution is 6.00. The lowest BCUT2D eigenvalue weighted by molar-refractivity contribution is 0.00732. The van der Waals surface area contributed by atoms with Gasteiger partial charge in [0.15, 0.2) is 5.65 Å². The summed E-state index contributed by atoms with van der Waals surface area (Å²) in [5.41, 5.74) is 3.24. The van der Waals surface area contributed by atoms with Crippen molar-refractivity contribution in [3.05, 3.63) is 42.4 Å². The number of pyridine rings is 1. The SMILES string of the molecule is CNc1cc(-c2cnc3n([C@H]4COC[C@@H]4O)cccc2-3)nc2c(C(=O)N[C@H]3CC[C@@H]3OC)cnn12. The Balaban J connectivity index is 1.39. The number of rotatable bonds is 6. The summed E-state index contributed by atoms with van der Waals surface area (Å²) in [6.07, 6.45) is 6.49. The molecule has 0 unspecified atom stereocenters. The summed E-state index contributed by atoms with van der Waals surface area (Å²) in [5.74, 6) is 1.21. The summed E-state index contributed by atoms with van der Waals surface area (Å²) in [4.78, 5) is 22.6. The third-order valence-corrected chi connectivity index (χ3v) is 7.06. The van der Waals surface area contributed by atoms with E-state index in [-0.39, 0.29) is 24.1 Å². The Labute approximate surface area is 201 Å². The van der Waals surface area contributed by atoms with Crippen LogP contribution < -0.4 is 10.6 Å². The third kappa shape index (κ3) is 3.54. The largest absolute Gasteiger partial charge is 0.388 e. The third-order valence-electron chi connectivity index (χ3n) is 7.06. The van der Waals surface area contributed by atoms with E-state index in [1.807, 2.05) is 29.0 Å². The molecule has 182 valence electrons. The number of anilines is 1. The van der Waals surface area contributed by atoms with Gasteiger partial charge in [-0.1, -0.05) is 0 Å². The average Bonchev–Trinajstić information content (AvgIpc) is 3.59. The van der Waals surface area contributed by atoms with Crippen molar-refractivity contribution < 1.29 is 19.4 Å². The van der Waals surface area contributed by atoms with E-state index in [0.29, 0.717) is 35.9 Å². The summed E-state index contributed by atoms with van der Waals surface area (Å²) in [6, 6.07) is 5.58. The number of methoxy groups -OCH3 is 1. The van der Waals surface area contributed by atoms with Crippen LogP contribution in [0.15, 0.2) is 36.8 Å². The molecule has 4 atom stereocenters. The van der Waals surface area contributed by atoms with Gasteiger partial charge in [-0.05, 0) is 25.0 Å². The molecule has 1 saturated heterocycles. The molecular weight excluding hydrogens is 450 g/mol. The number of aromatic nitrogens is 5. The van der Waals surface area contributed by atoms with Crippen LogP contribution in [-0.4, -0.2) is 80.8 Å². The van der Waals surface area contributed by atoms with E-state index in [2.05, 4.69) is 20.7 Å². The molecule has 1 saturated carbocycles. The normalized spacial score (nSPS) is 24.1. The molecule has 1 amide bonds. The maximum atomic E-state index is 13.1. The highest BCUT2D eigenvalue weighted by atomic mass is 16.5. The molecular formula is C24H27N7O4. The number of carbonyl (C=O) groups is 1. The maximum Gasteiger partial charge on any atom is 0.257 e. The molecule has 0 spiro atoms. The quantitative estimate of drug-likeness (QED) is 0.382. The van der Waals surface area contributed by atoms with E-state index in [9.17, 15) is 9.90 Å². The van der Waals surface area contributed by atoms with Crippen molar-refractivity contribution in [2.75, 3.05) is 32.7 Å². The van der Waals surface area contributed by atoms with Gasteiger partial charge >= 0.3 is 0 Å². The van der Waals surface area contributed by atoms with Gasteiger partial charge in [0.1, 0.15) is 23.3 Å². The van der Waals surface area contributed by atoms with Crippen molar-refractivity contribution in [3.63, 3.8) is 0 Å². The van der Waals surface area contributed by atoms with Crippen molar-refractivity contribution in [1.82, 2.24) is 29.5 Å². The van der Waals surface area contributed by atoms with Gasteiger partial charge in [-0.3, -0.25) is 4.79 Å². The first-order valence-electron chi connectivity index (χ1n) is 11.7. The van der Waals surface area contributed by atoms with Gasteiger partial charge in [0, 0.05) is 43.7 Å². The van der Waals surface area contributed by atoms with Crippen LogP contribution >= 0.6 is 0 Å². The van der Waals surface area contributed by atoms with E-state index in [1.54, 1.807) is 31.1 Å². The topological polar surface area (TPSA) is 128 Å². The van der Waals surface area contributed by atoms with E-state index >= 15 is 0 Å². The number of carbonyl (C=O) groups excluding carboxylic acids is 1. The number of aliphatic hydroxyl groups is 1. The van der Waals surface area contributed by atoms with Crippen LogP contribution in [0.1, 0.15) is 29.2 Å². The minimum atomic E-state index is -0.586. The molecule has 0 radical (unpaired) electrons. The smallest absolute Gasteiger partial charge is 0.257 e. The first-order valence-corrected chi connectivity index (χ1v) is 11.7. The predicted molar refractivity (Wildman–Crippen MR) is 128 cm³/mol. The zero-order chi connectivity index (χ0) is 24.1. The predicted octanol–water partition coefficient (Wildman–Crippen LogP) is 1.58. The molecule has 6 rings (SSSR count). The van der Waals surface area contributed by atoms with Crippen molar-refractivity contribution in [1.29, 1.82) is 0 Å². The zero-order valence-corrected chi connectivity index (χ0v) is 19.5. The van der Waals surface area contributed by atoms with E-state index in [1.165, 1.54) is 0 Å². The highest BCUT2D eigenvalue weighted by Crippen LogP contribution is 2.36. The van der Waals surface area contributed by atoms with E-state index in [0.717, 1.165) is 29.8 Å². The van der Waals surface area contributed by atoms with Crippen LogP contribution in [0.4, 0.5) is 5.82 Å². The van der Waals surface area contributed by atoms with Crippen molar-refractivity contribution >= 4 is 17.4 Å². The summed E-state index contributed by atoms with van der Waals surface area (Å²) in [6.45, 7) is 0.740. The second kappa shape index (κ2) is 8.59. The lowest BCUT2D eigenvalue weighted by atomic mass is 9.89. The number of nitrogens with zero attached hydrogens (tertiary/aromatic N) is 5. The zero-order valence-electron chi connectivity index (χ0n) is 19.5. The van der Waals surface area contributed by atoms with E-state index in [4.69, 9.17) is 14.5 Å². The fourth-order valence-corrected chi connectivity index (χ4v) is 4.93. The van der Waals surface area contributed by atoms with Crippen molar-refractivity contribution in [2.45, 2.75) is 37.1 Å². The Morgan fingerprint density at radius 3 is 2.86 bits per heavy atom. The molecule has 35 heavy (non-hydrogen) atoms. The Bertz CT molecular complexity index is 1360. The molecule has 2 fully saturated rings. The summed E-state index contributed by atoms with van der Waals surface area (Å²) < 4.78 is 14.4. The Morgan fingerprint density at radius 1 is 1.26 bits per heavy atom. The molecule has 11 heteroatoms. The molecule has 4 aliphatic rings. The highest BCUT2D eigenvalue weighted by Gasteiger charge is 2.33. The molecule has 2 aromatic heterocycles. The van der Waals surface area contributed by atoms with Crippen LogP contribution in [0.3, 0.4) is 0 Å². The van der Waals surface area contributed by atoms with Gasteiger partial charge in [0.05, 0.1) is 43.3 Å². The number of aliphatic hydroxyl groups excluding tert-OH is 1. The first kappa shape index (κ1) is 22.0. The number of hydrogen-bond acceptors (Lipinski definition) is 8. The van der Waals surface area contributed by atoms with Gasteiger partial charge in [-0.25, -0.2) is 9.97 Å². The molecule has 0 aromatic carbocycles. The van der Waals surface area contributed by atoms with E-state index < -0.39 is 6.10 Å². The van der Waals surface area contributed by atoms with Gasteiger partial charge in [-0.2, -0.15) is 9.61 Å². The van der Waals surface area contributed by atoms with Crippen LogP contribution in [0.5, 0.6) is 0 Å². The van der Waals surface area contributed by atoms with Gasteiger partial charge < -0.3 is 29.8 Å². The second-order valence-electron chi connectivity index (χ2n) is 9.00. The van der Waals surface area contributed by atoms with Crippen LogP contribution in [0, 0.1) is 0 Å². The van der Waals surface area contributed by atoms with Gasteiger partial charge in [0.25, 0.3) is 5.91 Å². The number of nitrogens with one attached hydrogen (secondary N) is 2. The minimum Gasteiger partial charge on any atom is -0.388 e. The maximum absolute atomic E-state index is 13.1. The van der Waals surface area contributed by atoms with Crippen LogP contribution in [0.25, 0.3) is 28.3 Å². The summed E-state index contributed by atoms with van der Waals surface area (Å²) >= 11 is 0.